The third kappa shape index (κ3) is 8.44. The van der Waals surface area contributed by atoms with Gasteiger partial charge in [-0.3, -0.25) is 14.9 Å². The average Bonchev–Trinajstić information content (AvgIpc) is 3.84. The lowest BCUT2D eigenvalue weighted by atomic mass is 10.1. The lowest BCUT2D eigenvalue weighted by molar-refractivity contribution is 0.107. The molecule has 4 N–H and O–H groups in total. The number of benzene rings is 2. The molecule has 5 aromatic rings. The third-order valence-electron chi connectivity index (χ3n) is 8.77. The topological polar surface area (TPSA) is 136 Å². The maximum atomic E-state index is 9.28. The molecular formula is C41H52N10. The first-order valence-corrected chi connectivity index (χ1v) is 18.1. The molecular weight excluding hydrogens is 633 g/mol. The van der Waals surface area contributed by atoms with Crippen molar-refractivity contribution in [1.29, 1.82) is 10.7 Å². The van der Waals surface area contributed by atoms with E-state index in [4.69, 9.17) is 21.1 Å². The maximum Gasteiger partial charge on any atom is 0.165 e. The van der Waals surface area contributed by atoms with E-state index in [-0.39, 0.29) is 5.54 Å². The smallest absolute Gasteiger partial charge is 0.165 e. The van der Waals surface area contributed by atoms with Gasteiger partial charge >= 0.3 is 0 Å². The Morgan fingerprint density at radius 3 is 2.25 bits per heavy atom. The predicted molar refractivity (Wildman–Crippen MR) is 210 cm³/mol. The molecule has 4 heterocycles. The quantitative estimate of drug-likeness (QED) is 0.0890. The zero-order valence-electron chi connectivity index (χ0n) is 31.1. The van der Waals surface area contributed by atoms with E-state index in [1.54, 1.807) is 19.3 Å². The molecule has 2 aromatic carbocycles. The maximum absolute atomic E-state index is 9.28. The highest BCUT2D eigenvalue weighted by Gasteiger charge is 2.51. The number of pyridine rings is 2. The molecule has 266 valence electrons. The van der Waals surface area contributed by atoms with Crippen molar-refractivity contribution in [2.45, 2.75) is 66.5 Å². The number of piperazine rings is 1. The minimum atomic E-state index is -0.0174. The van der Waals surface area contributed by atoms with Crippen LogP contribution >= 0.6 is 0 Å². The molecule has 0 radical (unpaired) electrons. The fourth-order valence-corrected chi connectivity index (χ4v) is 6.28. The van der Waals surface area contributed by atoms with E-state index >= 15 is 0 Å². The van der Waals surface area contributed by atoms with Crippen LogP contribution < -0.4 is 11.1 Å². The summed E-state index contributed by atoms with van der Waals surface area (Å²) in [6, 6.07) is 28.6. The number of hydrogen-bond acceptors (Lipinski definition) is 8. The summed E-state index contributed by atoms with van der Waals surface area (Å²) < 4.78 is 2.07. The summed E-state index contributed by atoms with van der Waals surface area (Å²) in [5.74, 6) is 1.52. The van der Waals surface area contributed by atoms with E-state index in [2.05, 4.69) is 67.1 Å². The van der Waals surface area contributed by atoms with Crippen molar-refractivity contribution in [3.05, 3.63) is 102 Å². The lowest BCUT2D eigenvalue weighted by Crippen LogP contribution is -2.56. The first-order valence-electron chi connectivity index (χ1n) is 18.1. The van der Waals surface area contributed by atoms with Gasteiger partial charge in [-0.15, -0.1) is 0 Å². The summed E-state index contributed by atoms with van der Waals surface area (Å²) in [4.78, 5) is 19.0. The molecule has 51 heavy (non-hydrogen) atoms. The van der Waals surface area contributed by atoms with Gasteiger partial charge in [-0.2, -0.15) is 5.26 Å². The van der Waals surface area contributed by atoms with Gasteiger partial charge in [-0.1, -0.05) is 84.0 Å². The van der Waals surface area contributed by atoms with Gasteiger partial charge in [0.15, 0.2) is 11.5 Å². The fourth-order valence-electron chi connectivity index (χ4n) is 6.28. The van der Waals surface area contributed by atoms with Gasteiger partial charge < -0.3 is 16.0 Å². The van der Waals surface area contributed by atoms with E-state index in [0.717, 1.165) is 72.7 Å². The third-order valence-corrected chi connectivity index (χ3v) is 8.77. The Balaban J connectivity index is 0.000000925. The van der Waals surface area contributed by atoms with E-state index in [0.29, 0.717) is 23.2 Å². The highest BCUT2D eigenvalue weighted by molar-refractivity contribution is 5.92. The molecule has 1 aliphatic carbocycles. The minimum Gasteiger partial charge on any atom is -0.383 e. The number of nitrogen functional groups attached to an aromatic ring is 1. The van der Waals surface area contributed by atoms with Gasteiger partial charge in [-0.25, -0.2) is 15.0 Å². The minimum absolute atomic E-state index is 0.0174. The molecule has 2 aliphatic rings. The number of hydrogen-bond donors (Lipinski definition) is 3. The van der Waals surface area contributed by atoms with Gasteiger partial charge in [0.05, 0.1) is 16.8 Å². The molecule has 0 atom stereocenters. The summed E-state index contributed by atoms with van der Waals surface area (Å²) in [7, 11) is 1.71. The number of nitrogens with one attached hydrogen (secondary N) is 2. The number of fused-ring (bicyclic) bond motifs is 1. The van der Waals surface area contributed by atoms with Crippen LogP contribution in [0.15, 0.2) is 96.8 Å². The summed E-state index contributed by atoms with van der Waals surface area (Å²) in [5.41, 5.74) is 13.1. The first-order chi connectivity index (χ1) is 25.0. The normalized spacial score (nSPS) is 14.5. The van der Waals surface area contributed by atoms with Crippen LogP contribution in [-0.2, 0) is 6.54 Å². The molecule has 1 saturated carbocycles. The van der Waals surface area contributed by atoms with Crippen molar-refractivity contribution in [2.24, 2.45) is 0 Å². The Labute approximate surface area is 303 Å². The van der Waals surface area contributed by atoms with Gasteiger partial charge in [0.1, 0.15) is 28.9 Å². The largest absolute Gasteiger partial charge is 0.383 e. The number of amidine groups is 1. The number of imidazole rings is 1. The molecule has 0 bridgehead atoms. The number of nitrogens with two attached hydrogens (primary N) is 1. The molecule has 1 saturated heterocycles. The SMILES string of the molecule is CC.CC.CC.CN/C(C#N)=C\C(=N)N1CCN(Cc2ccc(-n3c(-c4cccnc4N)nc4ccc(-c5ccccc5)nc43)cc2)CC12CC2. The van der Waals surface area contributed by atoms with Crippen molar-refractivity contribution in [3.63, 3.8) is 0 Å². The van der Waals surface area contributed by atoms with Crippen LogP contribution in [0.3, 0.4) is 0 Å². The van der Waals surface area contributed by atoms with Crippen molar-refractivity contribution < 1.29 is 0 Å². The van der Waals surface area contributed by atoms with Crippen LogP contribution in [0.1, 0.15) is 59.9 Å². The Bertz CT molecular complexity index is 1950. The number of nitrogens with zero attached hydrogens (tertiary/aromatic N) is 7. The lowest BCUT2D eigenvalue weighted by Gasteiger charge is -2.43. The molecule has 10 heteroatoms. The van der Waals surface area contributed by atoms with Crippen molar-refractivity contribution in [2.75, 3.05) is 32.4 Å². The van der Waals surface area contributed by atoms with Gasteiger partial charge in [0.25, 0.3) is 0 Å². The zero-order chi connectivity index (χ0) is 37.0. The molecule has 7 rings (SSSR count). The Kier molecular flexibility index (Phi) is 13.5. The van der Waals surface area contributed by atoms with E-state index in [1.165, 1.54) is 5.56 Å². The number of rotatable bonds is 7. The standard InChI is InChI=1S/C35H34N10.3C2H6/c1-39-26(21-36)20-31(37)44-19-18-43(23-35(44)15-16-35)22-24-9-11-27(12-10-24)45-33(28-8-5-17-40-32(28)38)42-30-14-13-29(41-34(30)45)25-6-3-2-4-7-25;3*1-2/h2-14,17,20,37,39H,15-16,18-19,22-23H2,1H3,(H2,38,40);3*1-2H3/b26-20-,37-31?;;;. The number of nitriles is 1. The average molecular weight is 685 g/mol. The number of allylic oxidation sites excluding steroid dienone is 1. The van der Waals surface area contributed by atoms with Crippen molar-refractivity contribution in [3.8, 4) is 34.4 Å². The summed E-state index contributed by atoms with van der Waals surface area (Å²) in [6.45, 7) is 15.3. The number of anilines is 1. The van der Waals surface area contributed by atoms with Crippen LogP contribution in [-0.4, -0.2) is 67.4 Å². The summed E-state index contributed by atoms with van der Waals surface area (Å²) in [5, 5.41) is 20.8. The Morgan fingerprint density at radius 2 is 1.63 bits per heavy atom. The van der Waals surface area contributed by atoms with Crippen LogP contribution in [0.25, 0.3) is 39.5 Å². The van der Waals surface area contributed by atoms with Crippen molar-refractivity contribution in [1.82, 2.24) is 34.6 Å². The zero-order valence-corrected chi connectivity index (χ0v) is 31.1. The molecule has 0 unspecified atom stereocenters. The highest BCUT2D eigenvalue weighted by atomic mass is 15.4. The molecule has 10 nitrogen and oxygen atoms in total. The monoisotopic (exact) mass is 684 g/mol. The van der Waals surface area contributed by atoms with Crippen LogP contribution in [0.2, 0.25) is 0 Å². The molecule has 0 amide bonds. The summed E-state index contributed by atoms with van der Waals surface area (Å²) >= 11 is 0. The van der Waals surface area contributed by atoms with Crippen molar-refractivity contribution >= 4 is 22.8 Å². The van der Waals surface area contributed by atoms with Gasteiger partial charge in [-0.05, 0) is 54.8 Å². The molecule has 2 fully saturated rings. The van der Waals surface area contributed by atoms with Crippen LogP contribution in [0, 0.1) is 16.7 Å². The molecule has 1 aliphatic heterocycles. The number of aromatic nitrogens is 4. The van der Waals surface area contributed by atoms with Crippen LogP contribution in [0.4, 0.5) is 5.82 Å². The van der Waals surface area contributed by atoms with Gasteiger partial charge in [0.2, 0.25) is 0 Å². The molecule has 1 spiro atoms. The Morgan fingerprint density at radius 1 is 0.922 bits per heavy atom. The van der Waals surface area contributed by atoms with Crippen LogP contribution in [0.5, 0.6) is 0 Å². The highest BCUT2D eigenvalue weighted by Crippen LogP contribution is 2.44. The van der Waals surface area contributed by atoms with E-state index in [9.17, 15) is 5.26 Å². The fraction of sp³-hybridized carbons (Fsp3) is 0.341. The van der Waals surface area contributed by atoms with E-state index < -0.39 is 0 Å². The second-order valence-corrected chi connectivity index (χ2v) is 11.7. The summed E-state index contributed by atoms with van der Waals surface area (Å²) in [6.07, 6.45) is 5.45. The Hall–Kier alpha value is -5.53. The van der Waals surface area contributed by atoms with E-state index in [1.807, 2.05) is 84.0 Å². The molecule has 3 aromatic heterocycles. The van der Waals surface area contributed by atoms with Gasteiger partial charge in [0, 0.05) is 56.8 Å². The second kappa shape index (κ2) is 17.9. The predicted octanol–water partition coefficient (Wildman–Crippen LogP) is 8.06. The first kappa shape index (κ1) is 38.3. The second-order valence-electron chi connectivity index (χ2n) is 11.7.